The van der Waals surface area contributed by atoms with E-state index in [2.05, 4.69) is 21.2 Å². The van der Waals surface area contributed by atoms with Crippen LogP contribution in [0.25, 0.3) is 0 Å². The van der Waals surface area contributed by atoms with Crippen molar-refractivity contribution >= 4 is 43.5 Å². The average molecular weight is 603 g/mol. The van der Waals surface area contributed by atoms with E-state index >= 15 is 0 Å². The second-order valence-corrected chi connectivity index (χ2v) is 11.5. The van der Waals surface area contributed by atoms with Gasteiger partial charge in [0, 0.05) is 18.1 Å². The van der Waals surface area contributed by atoms with E-state index in [1.165, 1.54) is 24.1 Å². The van der Waals surface area contributed by atoms with E-state index < -0.39 is 28.5 Å². The zero-order chi connectivity index (χ0) is 27.9. The third-order valence-corrected chi connectivity index (χ3v) is 8.41. The van der Waals surface area contributed by atoms with Crippen LogP contribution in [0.3, 0.4) is 0 Å². The van der Waals surface area contributed by atoms with E-state index in [1.54, 1.807) is 55.6 Å². The highest BCUT2D eigenvalue weighted by Gasteiger charge is 2.33. The molecule has 0 aromatic heterocycles. The van der Waals surface area contributed by atoms with Crippen molar-refractivity contribution in [1.29, 1.82) is 0 Å². The number of carbonyl (C=O) groups excluding carboxylic acids is 2. The van der Waals surface area contributed by atoms with Crippen LogP contribution in [0.4, 0.5) is 5.69 Å². The van der Waals surface area contributed by atoms with Crippen LogP contribution in [0.5, 0.6) is 5.75 Å². The first kappa shape index (κ1) is 29.2. The van der Waals surface area contributed by atoms with Crippen LogP contribution in [-0.2, 0) is 26.2 Å². The van der Waals surface area contributed by atoms with Crippen molar-refractivity contribution in [3.63, 3.8) is 0 Å². The molecule has 0 heterocycles. The van der Waals surface area contributed by atoms with Gasteiger partial charge in [0.15, 0.2) is 0 Å². The molecular formula is C28H32BrN3O5S. The lowest BCUT2D eigenvalue weighted by Gasteiger charge is -2.33. The Morgan fingerprint density at radius 1 is 1.03 bits per heavy atom. The summed E-state index contributed by atoms with van der Waals surface area (Å²) in [5.74, 6) is -0.174. The molecule has 8 nitrogen and oxygen atoms in total. The number of aryl methyl sites for hydroxylation is 1. The van der Waals surface area contributed by atoms with Gasteiger partial charge in [0.25, 0.3) is 10.0 Å². The Morgan fingerprint density at radius 2 is 1.68 bits per heavy atom. The van der Waals surface area contributed by atoms with Gasteiger partial charge in [-0.15, -0.1) is 0 Å². The highest BCUT2D eigenvalue weighted by molar-refractivity contribution is 9.10. The monoisotopic (exact) mass is 601 g/mol. The molecule has 1 atom stereocenters. The van der Waals surface area contributed by atoms with Crippen molar-refractivity contribution in [2.45, 2.75) is 37.8 Å². The molecule has 3 aromatic carbocycles. The van der Waals surface area contributed by atoms with Crippen LogP contribution >= 0.6 is 15.9 Å². The molecule has 0 bridgehead atoms. The predicted octanol–water partition coefficient (Wildman–Crippen LogP) is 4.51. The first-order valence-electron chi connectivity index (χ1n) is 12.1. The van der Waals surface area contributed by atoms with Crippen LogP contribution in [0.2, 0.25) is 0 Å². The van der Waals surface area contributed by atoms with Gasteiger partial charge in [-0.1, -0.05) is 58.7 Å². The van der Waals surface area contributed by atoms with Crippen LogP contribution < -0.4 is 14.4 Å². The fourth-order valence-electron chi connectivity index (χ4n) is 4.01. The zero-order valence-corrected chi connectivity index (χ0v) is 24.3. The van der Waals surface area contributed by atoms with Crippen molar-refractivity contribution < 1.29 is 22.7 Å². The predicted molar refractivity (Wildman–Crippen MR) is 152 cm³/mol. The van der Waals surface area contributed by atoms with Crippen molar-refractivity contribution in [1.82, 2.24) is 10.2 Å². The fourth-order valence-corrected chi connectivity index (χ4v) is 5.80. The Bertz CT molecular complexity index is 1360. The largest absolute Gasteiger partial charge is 0.497 e. The number of methoxy groups -OCH3 is 1. The number of amides is 2. The third-order valence-electron chi connectivity index (χ3n) is 6.13. The van der Waals surface area contributed by atoms with Crippen molar-refractivity contribution in [2.75, 3.05) is 25.0 Å². The third kappa shape index (κ3) is 6.93. The van der Waals surface area contributed by atoms with Crippen LogP contribution in [0, 0.1) is 6.92 Å². The number of benzene rings is 3. The molecule has 0 unspecified atom stereocenters. The minimum atomic E-state index is -4.11. The summed E-state index contributed by atoms with van der Waals surface area (Å²) in [6, 6.07) is 19.6. The number of halogens is 1. The number of nitrogens with one attached hydrogen (secondary N) is 1. The van der Waals surface area contributed by atoms with Gasteiger partial charge in [0.05, 0.1) is 17.7 Å². The number of hydrogen-bond acceptors (Lipinski definition) is 5. The van der Waals surface area contributed by atoms with E-state index in [1.807, 2.05) is 26.0 Å². The Hall–Kier alpha value is -3.37. The average Bonchev–Trinajstić information content (AvgIpc) is 2.91. The molecule has 3 rings (SSSR count). The molecule has 38 heavy (non-hydrogen) atoms. The van der Waals surface area contributed by atoms with Crippen molar-refractivity contribution in [3.8, 4) is 5.75 Å². The molecule has 10 heteroatoms. The first-order valence-corrected chi connectivity index (χ1v) is 14.3. The molecule has 0 aliphatic heterocycles. The first-order chi connectivity index (χ1) is 18.1. The highest BCUT2D eigenvalue weighted by atomic mass is 79.9. The number of sulfonamides is 1. The van der Waals surface area contributed by atoms with Gasteiger partial charge in [-0.3, -0.25) is 13.9 Å². The number of ether oxygens (including phenoxy) is 1. The number of nitrogens with zero attached hydrogens (tertiary/aromatic N) is 2. The zero-order valence-electron chi connectivity index (χ0n) is 21.8. The second-order valence-electron chi connectivity index (χ2n) is 8.71. The van der Waals surface area contributed by atoms with Gasteiger partial charge in [0.1, 0.15) is 18.3 Å². The molecule has 0 radical (unpaired) electrons. The molecule has 1 N–H and O–H groups in total. The van der Waals surface area contributed by atoms with Crippen LogP contribution in [0.15, 0.2) is 82.2 Å². The number of rotatable bonds is 11. The van der Waals surface area contributed by atoms with Gasteiger partial charge in [0.2, 0.25) is 11.8 Å². The molecule has 0 fully saturated rings. The smallest absolute Gasteiger partial charge is 0.264 e. The van der Waals surface area contributed by atoms with E-state index in [0.717, 1.165) is 15.4 Å². The lowest BCUT2D eigenvalue weighted by atomic mass is 10.1. The van der Waals surface area contributed by atoms with Gasteiger partial charge >= 0.3 is 0 Å². The summed E-state index contributed by atoms with van der Waals surface area (Å²) < 4.78 is 34.6. The van der Waals surface area contributed by atoms with Crippen molar-refractivity contribution in [2.24, 2.45) is 0 Å². The molecule has 0 spiro atoms. The normalized spacial score (nSPS) is 11.9. The summed E-state index contributed by atoms with van der Waals surface area (Å²) >= 11 is 3.40. The Labute approximate surface area is 232 Å². The molecule has 2 amide bonds. The Morgan fingerprint density at radius 3 is 2.24 bits per heavy atom. The molecule has 0 saturated heterocycles. The summed E-state index contributed by atoms with van der Waals surface area (Å²) in [5.41, 5.74) is 2.01. The van der Waals surface area contributed by atoms with Gasteiger partial charge < -0.3 is 15.0 Å². The Balaban J connectivity index is 2.04. The molecule has 202 valence electrons. The molecule has 0 aliphatic carbocycles. The summed E-state index contributed by atoms with van der Waals surface area (Å²) in [5, 5.41) is 2.62. The van der Waals surface area contributed by atoms with Crippen molar-refractivity contribution in [3.05, 3.63) is 88.4 Å². The van der Waals surface area contributed by atoms with Crippen LogP contribution in [0.1, 0.15) is 24.5 Å². The minimum absolute atomic E-state index is 0.0657. The van der Waals surface area contributed by atoms with Crippen LogP contribution in [-0.4, -0.2) is 51.9 Å². The number of anilines is 1. The molecule has 3 aromatic rings. The summed E-state index contributed by atoms with van der Waals surface area (Å²) in [4.78, 5) is 28.2. The maximum atomic E-state index is 13.9. The number of likely N-dealkylation sites (N-methyl/N-ethyl adjacent to an activating group) is 1. The fraction of sp³-hybridized carbons (Fsp3) is 0.286. The minimum Gasteiger partial charge on any atom is -0.497 e. The maximum absolute atomic E-state index is 13.9. The topological polar surface area (TPSA) is 96.0 Å². The van der Waals surface area contributed by atoms with E-state index in [-0.39, 0.29) is 17.3 Å². The standard InChI is InChI=1S/C28H32BrN3O5S/c1-5-26(28(34)30-3)31(18-21-11-13-24(37-4)14-12-21)27(33)19-32(23-8-6-7-22(29)17-23)38(35,36)25-15-9-20(2)10-16-25/h6-17,26H,5,18-19H2,1-4H3,(H,30,34)/t26-/m1/s1. The summed E-state index contributed by atoms with van der Waals surface area (Å²) in [6.45, 7) is 3.30. The lowest BCUT2D eigenvalue weighted by Crippen LogP contribution is -2.51. The van der Waals surface area contributed by atoms with E-state index in [4.69, 9.17) is 4.74 Å². The molecule has 0 saturated carbocycles. The molecular weight excluding hydrogens is 570 g/mol. The van der Waals surface area contributed by atoms with E-state index in [9.17, 15) is 18.0 Å². The van der Waals surface area contributed by atoms with Gasteiger partial charge in [-0.2, -0.15) is 0 Å². The summed E-state index contributed by atoms with van der Waals surface area (Å²) in [7, 11) is -1.03. The lowest BCUT2D eigenvalue weighted by molar-refractivity contribution is -0.140. The second kappa shape index (κ2) is 12.9. The maximum Gasteiger partial charge on any atom is 0.264 e. The Kier molecular flexibility index (Phi) is 9.93. The van der Waals surface area contributed by atoms with Gasteiger partial charge in [-0.05, 0) is 61.4 Å². The molecule has 0 aliphatic rings. The number of hydrogen-bond donors (Lipinski definition) is 1. The number of carbonyl (C=O) groups is 2. The van der Waals surface area contributed by atoms with Gasteiger partial charge in [-0.25, -0.2) is 8.42 Å². The summed E-state index contributed by atoms with van der Waals surface area (Å²) in [6.07, 6.45) is 0.350. The highest BCUT2D eigenvalue weighted by Crippen LogP contribution is 2.27. The quantitative estimate of drug-likeness (QED) is 0.349. The van der Waals surface area contributed by atoms with E-state index in [0.29, 0.717) is 22.3 Å². The SMILES string of the molecule is CC[C@H](C(=O)NC)N(Cc1ccc(OC)cc1)C(=O)CN(c1cccc(Br)c1)S(=O)(=O)c1ccc(C)cc1.